The molecule has 1 N–H and O–H groups in total. The van der Waals surface area contributed by atoms with E-state index in [1.165, 1.54) is 0 Å². The van der Waals surface area contributed by atoms with Gasteiger partial charge < -0.3 is 10.2 Å². The molecule has 0 saturated carbocycles. The lowest BCUT2D eigenvalue weighted by molar-refractivity contribution is 0.483. The number of likely N-dealkylation sites (N-methyl/N-ethyl adjacent to an activating group) is 1. The van der Waals surface area contributed by atoms with Crippen LogP contribution in [0.15, 0.2) is 18.2 Å². The summed E-state index contributed by atoms with van der Waals surface area (Å²) in [5.74, 6) is 0.163. The van der Waals surface area contributed by atoms with Gasteiger partial charge in [0.1, 0.15) is 5.82 Å². The summed E-state index contributed by atoms with van der Waals surface area (Å²) in [6.45, 7) is 7.32. The van der Waals surface area contributed by atoms with E-state index in [0.29, 0.717) is 6.04 Å². The SMILES string of the molecule is CNC(C)C1CN(C(C)C)c2cccc(F)c21. The van der Waals surface area contributed by atoms with Crippen LogP contribution in [0.2, 0.25) is 0 Å². The Balaban J connectivity index is 2.45. The summed E-state index contributed by atoms with van der Waals surface area (Å²) in [6, 6.07) is 6.09. The average molecular weight is 236 g/mol. The average Bonchev–Trinajstić information content (AvgIpc) is 2.69. The monoisotopic (exact) mass is 236 g/mol. The number of rotatable bonds is 3. The quantitative estimate of drug-likeness (QED) is 0.868. The highest BCUT2D eigenvalue weighted by Gasteiger charge is 2.34. The number of anilines is 1. The van der Waals surface area contributed by atoms with Crippen molar-refractivity contribution >= 4 is 5.69 Å². The van der Waals surface area contributed by atoms with Crippen molar-refractivity contribution in [1.82, 2.24) is 5.32 Å². The molecule has 1 aromatic rings. The zero-order valence-corrected chi connectivity index (χ0v) is 11.0. The van der Waals surface area contributed by atoms with Crippen LogP contribution in [0, 0.1) is 5.82 Å². The molecule has 0 aromatic heterocycles. The van der Waals surface area contributed by atoms with E-state index in [1.54, 1.807) is 12.1 Å². The first-order valence-electron chi connectivity index (χ1n) is 6.28. The Labute approximate surface area is 103 Å². The first-order valence-corrected chi connectivity index (χ1v) is 6.28. The van der Waals surface area contributed by atoms with Gasteiger partial charge in [0.2, 0.25) is 0 Å². The van der Waals surface area contributed by atoms with E-state index in [4.69, 9.17) is 0 Å². The molecule has 0 bridgehead atoms. The maximum absolute atomic E-state index is 14.0. The van der Waals surface area contributed by atoms with Crippen molar-refractivity contribution in [3.63, 3.8) is 0 Å². The minimum Gasteiger partial charge on any atom is -0.368 e. The van der Waals surface area contributed by atoms with Gasteiger partial charge in [-0.25, -0.2) is 4.39 Å². The molecular weight excluding hydrogens is 215 g/mol. The molecule has 0 amide bonds. The molecule has 3 heteroatoms. The lowest BCUT2D eigenvalue weighted by Gasteiger charge is -2.25. The molecule has 1 aliphatic heterocycles. The van der Waals surface area contributed by atoms with Gasteiger partial charge >= 0.3 is 0 Å². The molecule has 1 aliphatic rings. The van der Waals surface area contributed by atoms with Gasteiger partial charge in [-0.3, -0.25) is 0 Å². The van der Waals surface area contributed by atoms with Crippen LogP contribution in [0.3, 0.4) is 0 Å². The van der Waals surface area contributed by atoms with Crippen molar-refractivity contribution in [2.45, 2.75) is 38.8 Å². The van der Waals surface area contributed by atoms with Crippen molar-refractivity contribution in [3.8, 4) is 0 Å². The summed E-state index contributed by atoms with van der Waals surface area (Å²) in [4.78, 5) is 2.29. The summed E-state index contributed by atoms with van der Waals surface area (Å²) in [7, 11) is 1.93. The van der Waals surface area contributed by atoms with Gasteiger partial charge in [0.05, 0.1) is 0 Å². The van der Waals surface area contributed by atoms with Gasteiger partial charge in [-0.05, 0) is 40.0 Å². The number of halogens is 1. The lowest BCUT2D eigenvalue weighted by Crippen LogP contribution is -2.35. The fourth-order valence-electron chi connectivity index (χ4n) is 2.64. The van der Waals surface area contributed by atoms with E-state index in [1.807, 2.05) is 13.1 Å². The highest BCUT2D eigenvalue weighted by Crippen LogP contribution is 2.40. The first kappa shape index (κ1) is 12.4. The number of hydrogen-bond donors (Lipinski definition) is 1. The Bertz CT molecular complexity index is 403. The number of fused-ring (bicyclic) bond motifs is 1. The summed E-state index contributed by atoms with van der Waals surface area (Å²) in [6.07, 6.45) is 0. The molecule has 0 aliphatic carbocycles. The van der Waals surface area contributed by atoms with Crippen molar-refractivity contribution < 1.29 is 4.39 Å². The molecule has 2 nitrogen and oxygen atoms in total. The van der Waals surface area contributed by atoms with Crippen LogP contribution in [0.25, 0.3) is 0 Å². The fourth-order valence-corrected chi connectivity index (χ4v) is 2.64. The molecule has 2 atom stereocenters. The van der Waals surface area contributed by atoms with Gasteiger partial charge in [0.25, 0.3) is 0 Å². The Kier molecular flexibility index (Phi) is 3.38. The summed E-state index contributed by atoms with van der Waals surface area (Å²) in [5.41, 5.74) is 1.94. The number of nitrogens with one attached hydrogen (secondary N) is 1. The summed E-state index contributed by atoms with van der Waals surface area (Å²) in [5, 5.41) is 3.24. The predicted octanol–water partition coefficient (Wildman–Crippen LogP) is 2.75. The first-order chi connectivity index (χ1) is 8.06. The second-order valence-corrected chi connectivity index (χ2v) is 5.10. The van der Waals surface area contributed by atoms with Gasteiger partial charge in [-0.1, -0.05) is 6.07 Å². The van der Waals surface area contributed by atoms with Crippen LogP contribution in [0.1, 0.15) is 32.3 Å². The van der Waals surface area contributed by atoms with E-state index in [2.05, 4.69) is 31.0 Å². The molecule has 1 aromatic carbocycles. The molecule has 1 heterocycles. The van der Waals surface area contributed by atoms with Crippen LogP contribution in [0.5, 0.6) is 0 Å². The molecule has 0 spiro atoms. The summed E-state index contributed by atoms with van der Waals surface area (Å²) >= 11 is 0. The third kappa shape index (κ3) is 2.04. The molecule has 2 unspecified atom stereocenters. The van der Waals surface area contributed by atoms with Gasteiger partial charge in [-0.2, -0.15) is 0 Å². The van der Waals surface area contributed by atoms with E-state index < -0.39 is 0 Å². The molecule has 0 saturated heterocycles. The predicted molar refractivity (Wildman–Crippen MR) is 70.1 cm³/mol. The largest absolute Gasteiger partial charge is 0.368 e. The molecule has 0 fully saturated rings. The third-order valence-corrected chi connectivity index (χ3v) is 3.79. The van der Waals surface area contributed by atoms with Gasteiger partial charge in [-0.15, -0.1) is 0 Å². The van der Waals surface area contributed by atoms with Crippen molar-refractivity contribution in [2.75, 3.05) is 18.5 Å². The standard InChI is InChI=1S/C14H21FN2/c1-9(2)17-8-11(10(3)16-4)14-12(15)6-5-7-13(14)17/h5-7,9-11,16H,8H2,1-4H3. The van der Waals surface area contributed by atoms with Crippen LogP contribution in [-0.2, 0) is 0 Å². The van der Waals surface area contributed by atoms with Crippen LogP contribution in [-0.4, -0.2) is 25.7 Å². The van der Waals surface area contributed by atoms with Crippen molar-refractivity contribution in [2.24, 2.45) is 0 Å². The van der Waals surface area contributed by atoms with Gasteiger partial charge in [0.15, 0.2) is 0 Å². The maximum atomic E-state index is 14.0. The van der Waals surface area contributed by atoms with E-state index in [-0.39, 0.29) is 17.8 Å². The maximum Gasteiger partial charge on any atom is 0.128 e. The Hall–Kier alpha value is -1.09. The van der Waals surface area contributed by atoms with Crippen molar-refractivity contribution in [3.05, 3.63) is 29.6 Å². The number of nitrogens with zero attached hydrogens (tertiary/aromatic N) is 1. The van der Waals surface area contributed by atoms with E-state index in [0.717, 1.165) is 17.8 Å². The minimum absolute atomic E-state index is 0.0715. The van der Waals surface area contributed by atoms with Gasteiger partial charge in [0, 0.05) is 35.8 Å². The molecule has 17 heavy (non-hydrogen) atoms. The smallest absolute Gasteiger partial charge is 0.128 e. The van der Waals surface area contributed by atoms with Crippen molar-refractivity contribution in [1.29, 1.82) is 0 Å². The fraction of sp³-hybridized carbons (Fsp3) is 0.571. The highest BCUT2D eigenvalue weighted by atomic mass is 19.1. The Morgan fingerprint density at radius 1 is 1.35 bits per heavy atom. The third-order valence-electron chi connectivity index (χ3n) is 3.79. The zero-order valence-electron chi connectivity index (χ0n) is 11.0. The second-order valence-electron chi connectivity index (χ2n) is 5.10. The number of hydrogen-bond acceptors (Lipinski definition) is 2. The second kappa shape index (κ2) is 4.65. The van der Waals surface area contributed by atoms with Crippen LogP contribution in [0.4, 0.5) is 10.1 Å². The molecule has 94 valence electrons. The lowest BCUT2D eigenvalue weighted by atomic mass is 9.94. The zero-order chi connectivity index (χ0) is 12.6. The van der Waals surface area contributed by atoms with E-state index >= 15 is 0 Å². The minimum atomic E-state index is -0.0715. The van der Waals surface area contributed by atoms with Crippen LogP contribution >= 0.6 is 0 Å². The molecule has 2 rings (SSSR count). The highest BCUT2D eigenvalue weighted by molar-refractivity contribution is 5.61. The Morgan fingerprint density at radius 2 is 2.06 bits per heavy atom. The number of benzene rings is 1. The van der Waals surface area contributed by atoms with Crippen LogP contribution < -0.4 is 10.2 Å². The van der Waals surface area contributed by atoms with E-state index in [9.17, 15) is 4.39 Å². The summed E-state index contributed by atoms with van der Waals surface area (Å²) < 4.78 is 14.0. The Morgan fingerprint density at radius 3 is 2.65 bits per heavy atom. The topological polar surface area (TPSA) is 15.3 Å². The normalized spacial score (nSPS) is 20.8. The molecule has 0 radical (unpaired) electrons. The molecular formula is C14H21FN2.